The smallest absolute Gasteiger partial charge is 0.261 e. The Bertz CT molecular complexity index is 1170. The van der Waals surface area contributed by atoms with Crippen molar-refractivity contribution in [2.24, 2.45) is 0 Å². The van der Waals surface area contributed by atoms with Gasteiger partial charge in [-0.05, 0) is 31.2 Å². The van der Waals surface area contributed by atoms with Gasteiger partial charge in [0.2, 0.25) is 0 Å². The molecule has 4 aromatic rings. The number of rotatable bonds is 5. The molecule has 9 heteroatoms. The van der Waals surface area contributed by atoms with E-state index in [1.807, 2.05) is 26.0 Å². The monoisotopic (exact) mass is 415 g/mol. The lowest BCUT2D eigenvalue weighted by Gasteiger charge is -2.13. The van der Waals surface area contributed by atoms with Crippen LogP contribution >= 0.6 is 12.4 Å². The van der Waals surface area contributed by atoms with Crippen LogP contribution in [0.5, 0.6) is 5.75 Å². The largest absolute Gasteiger partial charge is 0.494 e. The summed E-state index contributed by atoms with van der Waals surface area (Å²) in [4.78, 5) is 13.3. The van der Waals surface area contributed by atoms with Gasteiger partial charge in [-0.15, -0.1) is 12.4 Å². The van der Waals surface area contributed by atoms with E-state index in [1.165, 1.54) is 13.2 Å². The van der Waals surface area contributed by atoms with E-state index in [1.54, 1.807) is 18.3 Å². The average molecular weight is 416 g/mol. The SMILES string of the molecule is CCc1noc(-c2cnc3nc(C)ccc3c2Nc2ccc(OC)c(F)c2)n1.Cl. The predicted molar refractivity (Wildman–Crippen MR) is 110 cm³/mol. The van der Waals surface area contributed by atoms with E-state index in [2.05, 4.69) is 25.4 Å². The van der Waals surface area contributed by atoms with Crippen molar-refractivity contribution >= 4 is 34.8 Å². The number of nitrogens with one attached hydrogen (secondary N) is 1. The molecule has 0 aliphatic carbocycles. The molecule has 7 nitrogen and oxygen atoms in total. The van der Waals surface area contributed by atoms with Crippen molar-refractivity contribution in [1.82, 2.24) is 20.1 Å². The highest BCUT2D eigenvalue weighted by molar-refractivity contribution is 5.98. The normalized spacial score (nSPS) is 10.6. The van der Waals surface area contributed by atoms with Gasteiger partial charge in [-0.3, -0.25) is 0 Å². The Labute approximate surface area is 172 Å². The second-order valence-corrected chi connectivity index (χ2v) is 6.21. The maximum absolute atomic E-state index is 14.2. The fourth-order valence-electron chi connectivity index (χ4n) is 2.86. The van der Waals surface area contributed by atoms with Crippen LogP contribution in [0.25, 0.3) is 22.5 Å². The molecule has 0 bridgehead atoms. The highest BCUT2D eigenvalue weighted by Gasteiger charge is 2.18. The predicted octanol–water partition coefficient (Wildman–Crippen LogP) is 4.86. The third-order valence-corrected chi connectivity index (χ3v) is 4.30. The van der Waals surface area contributed by atoms with Gasteiger partial charge in [-0.2, -0.15) is 4.98 Å². The maximum atomic E-state index is 14.2. The lowest BCUT2D eigenvalue weighted by Crippen LogP contribution is -1.99. The number of fused-ring (bicyclic) bond motifs is 1. The van der Waals surface area contributed by atoms with Crippen molar-refractivity contribution < 1.29 is 13.7 Å². The first kappa shape index (κ1) is 20.5. The van der Waals surface area contributed by atoms with Crippen molar-refractivity contribution in [2.45, 2.75) is 20.3 Å². The van der Waals surface area contributed by atoms with E-state index in [0.29, 0.717) is 40.7 Å². The lowest BCUT2D eigenvalue weighted by atomic mass is 10.1. The highest BCUT2D eigenvalue weighted by atomic mass is 35.5. The molecule has 1 aromatic carbocycles. The second-order valence-electron chi connectivity index (χ2n) is 6.21. The summed E-state index contributed by atoms with van der Waals surface area (Å²) in [6, 6.07) is 8.45. The Balaban J connectivity index is 0.00000240. The van der Waals surface area contributed by atoms with Crippen molar-refractivity contribution in [3.8, 4) is 17.2 Å². The summed E-state index contributed by atoms with van der Waals surface area (Å²) in [5, 5.41) is 7.97. The molecular formula is C20H19ClFN5O2. The number of aryl methyl sites for hydroxylation is 2. The van der Waals surface area contributed by atoms with Crippen molar-refractivity contribution in [2.75, 3.05) is 12.4 Å². The zero-order valence-corrected chi connectivity index (χ0v) is 16.9. The van der Waals surface area contributed by atoms with Gasteiger partial charge in [0.05, 0.1) is 18.4 Å². The average Bonchev–Trinajstić information content (AvgIpc) is 3.17. The zero-order chi connectivity index (χ0) is 19.7. The molecular weight excluding hydrogens is 397 g/mol. The fraction of sp³-hybridized carbons (Fsp3) is 0.200. The number of hydrogen-bond donors (Lipinski definition) is 1. The van der Waals surface area contributed by atoms with Gasteiger partial charge < -0.3 is 14.6 Å². The van der Waals surface area contributed by atoms with Crippen molar-refractivity contribution in [1.29, 1.82) is 0 Å². The van der Waals surface area contributed by atoms with E-state index < -0.39 is 5.82 Å². The molecule has 0 saturated carbocycles. The summed E-state index contributed by atoms with van der Waals surface area (Å²) in [5.41, 5.74) is 3.23. The Morgan fingerprint density at radius 2 is 2.00 bits per heavy atom. The van der Waals surface area contributed by atoms with Crippen LogP contribution in [-0.2, 0) is 6.42 Å². The molecule has 3 aromatic heterocycles. The topological polar surface area (TPSA) is 86.0 Å². The highest BCUT2D eigenvalue weighted by Crippen LogP contribution is 2.35. The number of nitrogens with zero attached hydrogens (tertiary/aromatic N) is 4. The van der Waals surface area contributed by atoms with E-state index in [9.17, 15) is 4.39 Å². The van der Waals surface area contributed by atoms with Crippen LogP contribution in [0, 0.1) is 12.7 Å². The Morgan fingerprint density at radius 3 is 2.69 bits per heavy atom. The van der Waals surface area contributed by atoms with Crippen LogP contribution in [-0.4, -0.2) is 27.2 Å². The van der Waals surface area contributed by atoms with Gasteiger partial charge in [0.15, 0.2) is 23.0 Å². The fourth-order valence-corrected chi connectivity index (χ4v) is 2.86. The van der Waals surface area contributed by atoms with E-state index in [4.69, 9.17) is 9.26 Å². The molecule has 0 aliphatic rings. The number of hydrogen-bond acceptors (Lipinski definition) is 7. The van der Waals surface area contributed by atoms with Crippen molar-refractivity contribution in [3.05, 3.63) is 53.9 Å². The summed E-state index contributed by atoms with van der Waals surface area (Å²) in [7, 11) is 1.43. The van der Waals surface area contributed by atoms with Crippen LogP contribution < -0.4 is 10.1 Å². The Morgan fingerprint density at radius 1 is 1.17 bits per heavy atom. The molecule has 0 atom stereocenters. The molecule has 0 spiro atoms. The number of benzene rings is 1. The second kappa shape index (κ2) is 8.40. The summed E-state index contributed by atoms with van der Waals surface area (Å²) in [6.45, 7) is 3.84. The van der Waals surface area contributed by atoms with Gasteiger partial charge in [0.25, 0.3) is 5.89 Å². The first-order chi connectivity index (χ1) is 13.6. The standard InChI is InChI=1S/C20H18FN5O2.ClH/c1-4-17-25-20(28-26-17)14-10-22-19-13(7-5-11(2)23-19)18(14)24-12-6-8-16(27-3)15(21)9-12;/h5-10H,4H2,1-3H3,(H,22,23,24);1H. The van der Waals surface area contributed by atoms with E-state index >= 15 is 0 Å². The molecule has 0 amide bonds. The first-order valence-electron chi connectivity index (χ1n) is 8.79. The molecule has 4 rings (SSSR count). The summed E-state index contributed by atoms with van der Waals surface area (Å²) in [6.07, 6.45) is 2.28. The first-order valence-corrected chi connectivity index (χ1v) is 8.79. The van der Waals surface area contributed by atoms with Crippen LogP contribution in [0.1, 0.15) is 18.4 Å². The van der Waals surface area contributed by atoms with Crippen molar-refractivity contribution in [3.63, 3.8) is 0 Å². The Hall–Kier alpha value is -3.26. The number of ether oxygens (including phenoxy) is 1. The van der Waals surface area contributed by atoms with E-state index in [0.717, 1.165) is 11.1 Å². The minimum atomic E-state index is -0.465. The van der Waals surface area contributed by atoms with Crippen LogP contribution in [0.3, 0.4) is 0 Å². The molecule has 3 heterocycles. The summed E-state index contributed by atoms with van der Waals surface area (Å²) < 4.78 is 24.5. The minimum Gasteiger partial charge on any atom is -0.494 e. The molecule has 0 saturated heterocycles. The third-order valence-electron chi connectivity index (χ3n) is 4.30. The Kier molecular flexibility index (Phi) is 5.93. The van der Waals surface area contributed by atoms with Crippen LogP contribution in [0.2, 0.25) is 0 Å². The molecule has 0 unspecified atom stereocenters. The quantitative estimate of drug-likeness (QED) is 0.497. The van der Waals surface area contributed by atoms with Gasteiger partial charge in [-0.1, -0.05) is 12.1 Å². The van der Waals surface area contributed by atoms with Gasteiger partial charge in [0.1, 0.15) is 0 Å². The number of pyridine rings is 2. The summed E-state index contributed by atoms with van der Waals surface area (Å²) in [5.74, 6) is 0.640. The van der Waals surface area contributed by atoms with Gasteiger partial charge in [0, 0.05) is 35.5 Å². The number of anilines is 2. The maximum Gasteiger partial charge on any atom is 0.261 e. The molecule has 29 heavy (non-hydrogen) atoms. The van der Waals surface area contributed by atoms with E-state index in [-0.39, 0.29) is 18.2 Å². The van der Waals surface area contributed by atoms with Gasteiger partial charge >= 0.3 is 0 Å². The lowest BCUT2D eigenvalue weighted by molar-refractivity contribution is 0.386. The third kappa shape index (κ3) is 3.97. The molecule has 0 fully saturated rings. The molecule has 1 N–H and O–H groups in total. The molecule has 0 radical (unpaired) electrons. The zero-order valence-electron chi connectivity index (χ0n) is 16.1. The van der Waals surface area contributed by atoms with Crippen LogP contribution in [0.15, 0.2) is 41.1 Å². The summed E-state index contributed by atoms with van der Waals surface area (Å²) >= 11 is 0. The molecule has 150 valence electrons. The number of halogens is 2. The molecule has 0 aliphatic heterocycles. The number of methoxy groups -OCH3 is 1. The van der Waals surface area contributed by atoms with Gasteiger partial charge in [-0.25, -0.2) is 14.4 Å². The van der Waals surface area contributed by atoms with Crippen LogP contribution in [0.4, 0.5) is 15.8 Å². The minimum absolute atomic E-state index is 0. The number of aromatic nitrogens is 4.